The molecule has 0 aromatic rings. The van der Waals surface area contributed by atoms with Gasteiger partial charge in [-0.3, -0.25) is 9.59 Å². The van der Waals surface area contributed by atoms with Gasteiger partial charge >= 0.3 is 0 Å². The molecule has 0 heterocycles. The minimum absolute atomic E-state index is 0.0103. The molecular formula is C25H34O5. The van der Waals surface area contributed by atoms with Gasteiger partial charge < -0.3 is 14.9 Å². The number of hydrogen-bond acceptors (Lipinski definition) is 5. The van der Waals surface area contributed by atoms with E-state index in [4.69, 9.17) is 4.74 Å². The Bertz CT molecular complexity index is 840. The first-order valence-electron chi connectivity index (χ1n) is 11.2. The lowest BCUT2D eigenvalue weighted by Gasteiger charge is -2.59. The van der Waals surface area contributed by atoms with Crippen molar-refractivity contribution in [1.82, 2.24) is 0 Å². The van der Waals surface area contributed by atoms with Gasteiger partial charge in [0.2, 0.25) is 5.78 Å². The van der Waals surface area contributed by atoms with E-state index in [0.717, 1.165) is 24.8 Å². The molecule has 0 saturated heterocycles. The molecular weight excluding hydrogens is 380 g/mol. The highest BCUT2D eigenvalue weighted by Crippen LogP contribution is 2.68. The van der Waals surface area contributed by atoms with Crippen LogP contribution in [-0.2, 0) is 14.3 Å². The van der Waals surface area contributed by atoms with Crippen molar-refractivity contribution in [2.75, 3.05) is 6.61 Å². The van der Waals surface area contributed by atoms with Crippen LogP contribution in [0.3, 0.4) is 0 Å². The van der Waals surface area contributed by atoms with Crippen molar-refractivity contribution in [3.63, 3.8) is 0 Å². The van der Waals surface area contributed by atoms with E-state index in [1.54, 1.807) is 18.2 Å². The van der Waals surface area contributed by atoms with Gasteiger partial charge in [0, 0.05) is 16.7 Å². The van der Waals surface area contributed by atoms with Crippen LogP contribution in [0.2, 0.25) is 0 Å². The summed E-state index contributed by atoms with van der Waals surface area (Å²) in [4.78, 5) is 25.1. The van der Waals surface area contributed by atoms with Crippen LogP contribution in [0.1, 0.15) is 53.4 Å². The first-order valence-corrected chi connectivity index (χ1v) is 11.2. The number of ether oxygens (including phenoxy) is 1. The predicted molar refractivity (Wildman–Crippen MR) is 113 cm³/mol. The summed E-state index contributed by atoms with van der Waals surface area (Å²) in [5.74, 6) is -0.154. The molecule has 5 heteroatoms. The summed E-state index contributed by atoms with van der Waals surface area (Å²) >= 11 is 0. The maximum Gasteiger partial charge on any atom is 0.202 e. The summed E-state index contributed by atoms with van der Waals surface area (Å²) in [6.07, 6.45) is 10.7. The number of carbonyl (C=O) groups is 2. The second kappa shape index (κ2) is 7.16. The Balaban J connectivity index is 1.70. The summed E-state index contributed by atoms with van der Waals surface area (Å²) < 4.78 is 5.32. The lowest BCUT2D eigenvalue weighted by Crippen LogP contribution is -2.62. The molecule has 0 amide bonds. The third-order valence-corrected chi connectivity index (χ3v) is 8.95. The third-order valence-electron chi connectivity index (χ3n) is 8.95. The molecule has 2 unspecified atom stereocenters. The van der Waals surface area contributed by atoms with Crippen molar-refractivity contribution in [3.8, 4) is 0 Å². The molecule has 0 radical (unpaired) electrons. The molecule has 0 spiro atoms. The zero-order valence-electron chi connectivity index (χ0n) is 18.4. The number of aliphatic hydroxyl groups is 2. The van der Waals surface area contributed by atoms with Crippen molar-refractivity contribution >= 4 is 11.6 Å². The molecule has 164 valence electrons. The summed E-state index contributed by atoms with van der Waals surface area (Å²) in [6.45, 7) is 7.72. The highest BCUT2D eigenvalue weighted by molar-refractivity contribution is 6.01. The topological polar surface area (TPSA) is 83.8 Å². The predicted octanol–water partition coefficient (Wildman–Crippen LogP) is 3.36. The Morgan fingerprint density at radius 3 is 2.80 bits per heavy atom. The van der Waals surface area contributed by atoms with E-state index >= 15 is 0 Å². The number of hydrogen-bond donors (Lipinski definition) is 2. The van der Waals surface area contributed by atoms with E-state index in [2.05, 4.69) is 6.92 Å². The van der Waals surface area contributed by atoms with Crippen LogP contribution >= 0.6 is 0 Å². The van der Waals surface area contributed by atoms with Crippen LogP contribution in [0, 0.1) is 34.5 Å². The van der Waals surface area contributed by atoms with Gasteiger partial charge in [-0.2, -0.15) is 0 Å². The molecule has 4 rings (SSSR count). The largest absolute Gasteiger partial charge is 0.494 e. The average molecular weight is 415 g/mol. The molecule has 4 aliphatic rings. The number of Topliss-reactive ketones (excluding diaryl/α,β-unsaturated/α-hetero) is 1. The van der Waals surface area contributed by atoms with Gasteiger partial charge in [-0.05, 0) is 62.5 Å². The average Bonchev–Trinajstić information content (AvgIpc) is 2.89. The highest BCUT2D eigenvalue weighted by Gasteiger charge is 2.70. The van der Waals surface area contributed by atoms with Crippen LogP contribution in [-0.4, -0.2) is 40.1 Å². The molecule has 30 heavy (non-hydrogen) atoms. The van der Waals surface area contributed by atoms with E-state index in [0.29, 0.717) is 6.42 Å². The molecule has 0 aromatic heterocycles. The molecule has 0 bridgehead atoms. The van der Waals surface area contributed by atoms with Crippen molar-refractivity contribution in [1.29, 1.82) is 0 Å². The number of carbonyl (C=O) groups excluding carboxylic acids is 2. The van der Waals surface area contributed by atoms with E-state index in [-0.39, 0.29) is 47.3 Å². The molecule has 3 fully saturated rings. The van der Waals surface area contributed by atoms with E-state index < -0.39 is 17.1 Å². The van der Waals surface area contributed by atoms with Crippen LogP contribution in [0.5, 0.6) is 0 Å². The van der Waals surface area contributed by atoms with Gasteiger partial charge in [0.15, 0.2) is 5.78 Å². The summed E-state index contributed by atoms with van der Waals surface area (Å²) in [5, 5.41) is 23.2. The maximum atomic E-state index is 13.2. The zero-order valence-corrected chi connectivity index (χ0v) is 18.4. The second-order valence-electron chi connectivity index (χ2n) is 10.3. The van der Waals surface area contributed by atoms with Gasteiger partial charge in [-0.1, -0.05) is 38.5 Å². The SMILES string of the molecule is C/C=C\OCC(=O)[C@@]1(O)[C@@H](C)CC2[C@@H]3CCC4=CC(=O)C=C[C@]4(C)C3[C@@H](O)C[C@@]21C. The van der Waals surface area contributed by atoms with Crippen molar-refractivity contribution in [3.05, 3.63) is 36.1 Å². The maximum absolute atomic E-state index is 13.2. The van der Waals surface area contributed by atoms with Gasteiger partial charge in [-0.15, -0.1) is 0 Å². The van der Waals surface area contributed by atoms with Crippen molar-refractivity contribution < 1.29 is 24.5 Å². The first-order chi connectivity index (χ1) is 14.1. The lowest BCUT2D eigenvalue weighted by molar-refractivity contribution is -0.183. The minimum atomic E-state index is -1.51. The fourth-order valence-corrected chi connectivity index (χ4v) is 7.58. The quantitative estimate of drug-likeness (QED) is 0.689. The number of fused-ring (bicyclic) bond motifs is 5. The Kier molecular flexibility index (Phi) is 5.14. The Labute approximate surface area is 178 Å². The second-order valence-corrected chi connectivity index (χ2v) is 10.3. The Morgan fingerprint density at radius 2 is 2.10 bits per heavy atom. The number of aliphatic hydroxyl groups excluding tert-OH is 1. The summed E-state index contributed by atoms with van der Waals surface area (Å²) in [7, 11) is 0. The lowest BCUT2D eigenvalue weighted by atomic mass is 9.46. The highest BCUT2D eigenvalue weighted by atomic mass is 16.5. The normalized spacial score (nSPS) is 47.5. The molecule has 0 aliphatic heterocycles. The van der Waals surface area contributed by atoms with Gasteiger partial charge in [-0.25, -0.2) is 0 Å². The van der Waals surface area contributed by atoms with Gasteiger partial charge in [0.05, 0.1) is 12.4 Å². The van der Waals surface area contributed by atoms with Gasteiger partial charge in [0.1, 0.15) is 12.2 Å². The number of ketones is 2. The monoisotopic (exact) mass is 414 g/mol. The number of rotatable bonds is 4. The zero-order chi connectivity index (χ0) is 21.9. The van der Waals surface area contributed by atoms with E-state index in [1.165, 1.54) is 6.26 Å². The van der Waals surface area contributed by atoms with Crippen molar-refractivity contribution in [2.45, 2.75) is 65.1 Å². The van der Waals surface area contributed by atoms with Crippen LogP contribution in [0.25, 0.3) is 0 Å². The molecule has 0 aromatic carbocycles. The number of allylic oxidation sites excluding steroid dienone is 5. The minimum Gasteiger partial charge on any atom is -0.494 e. The van der Waals surface area contributed by atoms with E-state index in [1.807, 2.05) is 26.8 Å². The molecule has 4 aliphatic carbocycles. The summed E-state index contributed by atoms with van der Waals surface area (Å²) in [6, 6.07) is 0. The van der Waals surface area contributed by atoms with Crippen LogP contribution < -0.4 is 0 Å². The third kappa shape index (κ3) is 2.74. The molecule has 3 saturated carbocycles. The fraction of sp³-hybridized carbons (Fsp3) is 0.680. The van der Waals surface area contributed by atoms with Crippen LogP contribution in [0.15, 0.2) is 36.1 Å². The summed E-state index contributed by atoms with van der Waals surface area (Å²) in [5.41, 5.74) is -1.45. The molecule has 8 atom stereocenters. The molecule has 2 N–H and O–H groups in total. The first kappa shape index (κ1) is 21.5. The van der Waals surface area contributed by atoms with Gasteiger partial charge in [0.25, 0.3) is 0 Å². The molecule has 5 nitrogen and oxygen atoms in total. The van der Waals surface area contributed by atoms with Crippen molar-refractivity contribution in [2.24, 2.45) is 34.5 Å². The van der Waals surface area contributed by atoms with Crippen LogP contribution in [0.4, 0.5) is 0 Å². The van der Waals surface area contributed by atoms with E-state index in [9.17, 15) is 19.8 Å². The Hall–Kier alpha value is -1.72. The standard InChI is InChI=1S/C25H34O5/c1-5-10-30-14-21(28)25(29)15(2)11-19-18-7-6-16-12-17(26)8-9-23(16,3)22(18)20(27)13-24(19,25)4/h5,8-10,12,15,18-20,22,27,29H,6-7,11,13-14H2,1-4H3/b10-5-/t15-,18-,19?,20-,22?,23-,24-,25-/m0/s1. The fourth-order valence-electron chi connectivity index (χ4n) is 7.58. The Morgan fingerprint density at radius 1 is 1.37 bits per heavy atom. The smallest absolute Gasteiger partial charge is 0.202 e.